The summed E-state index contributed by atoms with van der Waals surface area (Å²) in [6.07, 6.45) is 1.36. The number of carbonyl (C=O) groups is 1. The summed E-state index contributed by atoms with van der Waals surface area (Å²) in [6.45, 7) is 2.55. The van der Waals surface area contributed by atoms with Crippen LogP contribution in [0.3, 0.4) is 0 Å². The molecule has 1 atom stereocenters. The van der Waals surface area contributed by atoms with Crippen LogP contribution in [-0.2, 0) is 6.42 Å². The molecule has 0 heterocycles. The van der Waals surface area contributed by atoms with Crippen molar-refractivity contribution < 1.29 is 9.90 Å². The molecule has 100 valence electrons. The van der Waals surface area contributed by atoms with Crippen molar-refractivity contribution >= 4 is 22.0 Å². The smallest absolute Gasteiger partial charge is 0.315 e. The molecule has 0 aliphatic carbocycles. The first-order valence-corrected chi connectivity index (χ1v) is 6.81. The first-order chi connectivity index (χ1) is 8.61. The predicted molar refractivity (Wildman–Crippen MR) is 75.5 cm³/mol. The first kappa shape index (κ1) is 15.0. The number of aliphatic hydroxyl groups excluding tert-OH is 1. The highest BCUT2D eigenvalue weighted by Gasteiger charge is 2.07. The van der Waals surface area contributed by atoms with Gasteiger partial charge < -0.3 is 15.7 Å². The molecule has 1 aromatic rings. The quantitative estimate of drug-likeness (QED) is 0.704. The maximum absolute atomic E-state index is 11.5. The summed E-state index contributed by atoms with van der Waals surface area (Å²) in [6, 6.07) is 7.91. The van der Waals surface area contributed by atoms with Crippen molar-refractivity contribution in [1.82, 2.24) is 10.6 Å². The van der Waals surface area contributed by atoms with Crippen LogP contribution in [0.2, 0.25) is 0 Å². The van der Waals surface area contributed by atoms with E-state index >= 15 is 0 Å². The van der Waals surface area contributed by atoms with Crippen LogP contribution < -0.4 is 10.6 Å². The van der Waals surface area contributed by atoms with Gasteiger partial charge in [-0.15, -0.1) is 0 Å². The molecule has 18 heavy (non-hydrogen) atoms. The minimum absolute atomic E-state index is 0.0634. The molecule has 0 radical (unpaired) electrons. The Morgan fingerprint density at radius 1 is 1.50 bits per heavy atom. The fraction of sp³-hybridized carbons (Fsp3) is 0.462. The molecule has 1 rings (SSSR count). The number of carbonyl (C=O) groups excluding carboxylic acids is 1. The van der Waals surface area contributed by atoms with Gasteiger partial charge in [0.25, 0.3) is 0 Å². The molecule has 0 bridgehead atoms. The maximum Gasteiger partial charge on any atom is 0.315 e. The highest BCUT2D eigenvalue weighted by atomic mass is 79.9. The predicted octanol–water partition coefficient (Wildman–Crippen LogP) is 2.06. The van der Waals surface area contributed by atoms with Crippen molar-refractivity contribution in [2.24, 2.45) is 0 Å². The largest absolute Gasteiger partial charge is 0.396 e. The number of urea groups is 1. The zero-order chi connectivity index (χ0) is 13.4. The standard InChI is InChI=1S/C13H19BrN2O2/c1-10(16-13(18)15-6-3-7-17)8-11-4-2-5-12(14)9-11/h2,4-5,9-10,17H,3,6-8H2,1H3,(H2,15,16,18). The van der Waals surface area contributed by atoms with Crippen LogP contribution in [0.4, 0.5) is 4.79 Å². The Hall–Kier alpha value is -1.07. The molecule has 1 aromatic carbocycles. The second-order valence-corrected chi connectivity index (χ2v) is 5.13. The summed E-state index contributed by atoms with van der Waals surface area (Å²) in [7, 11) is 0. The van der Waals surface area contributed by atoms with Crippen LogP contribution in [-0.4, -0.2) is 30.3 Å². The number of amides is 2. The topological polar surface area (TPSA) is 61.4 Å². The van der Waals surface area contributed by atoms with Crippen molar-refractivity contribution in [1.29, 1.82) is 0 Å². The zero-order valence-corrected chi connectivity index (χ0v) is 12.0. The summed E-state index contributed by atoms with van der Waals surface area (Å²) in [4.78, 5) is 11.5. The first-order valence-electron chi connectivity index (χ1n) is 6.01. The van der Waals surface area contributed by atoms with E-state index in [1.54, 1.807) is 0 Å². The lowest BCUT2D eigenvalue weighted by molar-refractivity contribution is 0.235. The van der Waals surface area contributed by atoms with Crippen LogP contribution >= 0.6 is 15.9 Å². The summed E-state index contributed by atoms with van der Waals surface area (Å²) in [5, 5.41) is 14.2. The van der Waals surface area contributed by atoms with Crippen molar-refractivity contribution in [3.05, 3.63) is 34.3 Å². The van der Waals surface area contributed by atoms with Gasteiger partial charge in [0, 0.05) is 23.7 Å². The highest BCUT2D eigenvalue weighted by Crippen LogP contribution is 2.12. The number of benzene rings is 1. The normalized spacial score (nSPS) is 11.9. The van der Waals surface area contributed by atoms with E-state index in [1.807, 2.05) is 31.2 Å². The van der Waals surface area contributed by atoms with E-state index in [0.717, 1.165) is 10.9 Å². The lowest BCUT2D eigenvalue weighted by Crippen LogP contribution is -2.42. The van der Waals surface area contributed by atoms with E-state index < -0.39 is 0 Å². The SMILES string of the molecule is CC(Cc1cccc(Br)c1)NC(=O)NCCCO. The van der Waals surface area contributed by atoms with E-state index in [2.05, 4.69) is 26.6 Å². The molecule has 3 N–H and O–H groups in total. The van der Waals surface area contributed by atoms with E-state index in [1.165, 1.54) is 5.56 Å². The van der Waals surface area contributed by atoms with Crippen molar-refractivity contribution in [2.75, 3.05) is 13.2 Å². The number of aliphatic hydroxyl groups is 1. The number of halogens is 1. The van der Waals surface area contributed by atoms with Crippen molar-refractivity contribution in [2.45, 2.75) is 25.8 Å². The molecule has 0 fully saturated rings. The average molecular weight is 315 g/mol. The average Bonchev–Trinajstić information content (AvgIpc) is 2.29. The molecule has 4 nitrogen and oxygen atoms in total. The Bertz CT molecular complexity index is 385. The van der Waals surface area contributed by atoms with Gasteiger partial charge >= 0.3 is 6.03 Å². The van der Waals surface area contributed by atoms with Crippen LogP contribution in [0.15, 0.2) is 28.7 Å². The maximum atomic E-state index is 11.5. The van der Waals surface area contributed by atoms with Gasteiger partial charge in [-0.05, 0) is 37.5 Å². The third-order valence-electron chi connectivity index (χ3n) is 2.43. The van der Waals surface area contributed by atoms with E-state index in [4.69, 9.17) is 5.11 Å². The molecular formula is C13H19BrN2O2. The number of rotatable bonds is 6. The Balaban J connectivity index is 2.32. The van der Waals surface area contributed by atoms with E-state index in [9.17, 15) is 4.79 Å². The highest BCUT2D eigenvalue weighted by molar-refractivity contribution is 9.10. The summed E-state index contributed by atoms with van der Waals surface area (Å²) in [5.74, 6) is 0. The number of hydrogen-bond acceptors (Lipinski definition) is 2. The Morgan fingerprint density at radius 3 is 2.94 bits per heavy atom. The molecule has 0 saturated heterocycles. The van der Waals surface area contributed by atoms with E-state index in [0.29, 0.717) is 13.0 Å². The third-order valence-corrected chi connectivity index (χ3v) is 2.92. The zero-order valence-electron chi connectivity index (χ0n) is 10.4. The molecule has 5 heteroatoms. The second-order valence-electron chi connectivity index (χ2n) is 4.21. The van der Waals surface area contributed by atoms with Crippen molar-refractivity contribution in [3.8, 4) is 0 Å². The fourth-order valence-electron chi connectivity index (χ4n) is 1.62. The Kier molecular flexibility index (Phi) is 6.75. The minimum Gasteiger partial charge on any atom is -0.396 e. The third kappa shape index (κ3) is 6.02. The molecule has 0 aromatic heterocycles. The molecule has 0 spiro atoms. The number of hydrogen-bond donors (Lipinski definition) is 3. The monoisotopic (exact) mass is 314 g/mol. The molecule has 2 amide bonds. The van der Waals surface area contributed by atoms with Gasteiger partial charge in [0.05, 0.1) is 0 Å². The van der Waals surface area contributed by atoms with Gasteiger partial charge in [0.2, 0.25) is 0 Å². The second kappa shape index (κ2) is 8.11. The minimum atomic E-state index is -0.189. The number of nitrogens with one attached hydrogen (secondary N) is 2. The van der Waals surface area contributed by atoms with E-state index in [-0.39, 0.29) is 18.7 Å². The molecule has 0 saturated carbocycles. The lowest BCUT2D eigenvalue weighted by Gasteiger charge is -2.14. The van der Waals surface area contributed by atoms with Crippen LogP contribution in [0.25, 0.3) is 0 Å². The van der Waals surface area contributed by atoms with Gasteiger partial charge in [0.1, 0.15) is 0 Å². The molecule has 0 aliphatic heterocycles. The summed E-state index contributed by atoms with van der Waals surface area (Å²) < 4.78 is 1.04. The van der Waals surface area contributed by atoms with Gasteiger partial charge in [-0.1, -0.05) is 28.1 Å². The lowest BCUT2D eigenvalue weighted by atomic mass is 10.1. The molecule has 1 unspecified atom stereocenters. The Morgan fingerprint density at radius 2 is 2.28 bits per heavy atom. The van der Waals surface area contributed by atoms with Crippen LogP contribution in [0.5, 0.6) is 0 Å². The van der Waals surface area contributed by atoms with Gasteiger partial charge in [-0.25, -0.2) is 4.79 Å². The van der Waals surface area contributed by atoms with Crippen LogP contribution in [0.1, 0.15) is 18.9 Å². The van der Waals surface area contributed by atoms with Crippen molar-refractivity contribution in [3.63, 3.8) is 0 Å². The summed E-state index contributed by atoms with van der Waals surface area (Å²) in [5.41, 5.74) is 1.17. The van der Waals surface area contributed by atoms with Gasteiger partial charge in [0.15, 0.2) is 0 Å². The molecule has 0 aliphatic rings. The fourth-order valence-corrected chi connectivity index (χ4v) is 2.07. The van der Waals surface area contributed by atoms with Gasteiger partial charge in [-0.3, -0.25) is 0 Å². The Labute approximate surface area is 116 Å². The molecular weight excluding hydrogens is 296 g/mol. The van der Waals surface area contributed by atoms with Crippen LogP contribution in [0, 0.1) is 0 Å². The van der Waals surface area contributed by atoms with Gasteiger partial charge in [-0.2, -0.15) is 0 Å². The summed E-state index contributed by atoms with van der Waals surface area (Å²) >= 11 is 3.42.